The number of aromatic amines is 1. The van der Waals surface area contributed by atoms with Crippen molar-refractivity contribution in [3.8, 4) is 17.6 Å². The van der Waals surface area contributed by atoms with Crippen LogP contribution in [0, 0.1) is 11.3 Å². The van der Waals surface area contributed by atoms with Gasteiger partial charge in [0.2, 0.25) is 5.75 Å². The Morgan fingerprint density at radius 2 is 2.22 bits per heavy atom. The molecule has 0 aliphatic rings. The van der Waals surface area contributed by atoms with E-state index in [0.29, 0.717) is 0 Å². The van der Waals surface area contributed by atoms with Crippen LogP contribution < -0.4 is 10.3 Å². The molecule has 5 nitrogen and oxygen atoms in total. The second kappa shape index (κ2) is 6.23. The minimum Gasteiger partial charge on any atom is -0.449 e. The fourth-order valence-electron chi connectivity index (χ4n) is 1.82. The number of alkyl halides is 1. The molecule has 0 aliphatic carbocycles. The maximum absolute atomic E-state index is 14.8. The SMILES string of the molecule is C=C(C)C(C)(F)c1nc[nH]c(=O)c1Oc1cc(Cl)cc(C#N)c1. The summed E-state index contributed by atoms with van der Waals surface area (Å²) in [6.07, 6.45) is 1.09. The molecule has 118 valence electrons. The summed E-state index contributed by atoms with van der Waals surface area (Å²) in [6.45, 7) is 6.30. The van der Waals surface area contributed by atoms with Gasteiger partial charge in [0.1, 0.15) is 11.4 Å². The number of H-pyrrole nitrogens is 1. The van der Waals surface area contributed by atoms with Crippen LogP contribution in [-0.2, 0) is 5.67 Å². The Morgan fingerprint density at radius 1 is 1.52 bits per heavy atom. The van der Waals surface area contributed by atoms with E-state index in [9.17, 15) is 9.18 Å². The quantitative estimate of drug-likeness (QED) is 0.862. The normalized spacial score (nSPS) is 13.0. The van der Waals surface area contributed by atoms with E-state index >= 15 is 0 Å². The first kappa shape index (κ1) is 16.7. The molecule has 23 heavy (non-hydrogen) atoms. The predicted octanol–water partition coefficient (Wildman–Crippen LogP) is 3.85. The molecule has 2 rings (SSSR count). The first-order valence-electron chi connectivity index (χ1n) is 6.57. The molecule has 0 bridgehead atoms. The number of hydrogen-bond acceptors (Lipinski definition) is 4. The first-order valence-corrected chi connectivity index (χ1v) is 6.95. The number of nitriles is 1. The molecule has 1 unspecified atom stereocenters. The standard InChI is InChI=1S/C16H13ClFN3O2/c1-9(2)16(3,18)14-13(15(22)21-8-20-14)23-12-5-10(7-19)4-11(17)6-12/h4-6,8H,1H2,2-3H3,(H,20,21,22). The highest BCUT2D eigenvalue weighted by Crippen LogP contribution is 2.36. The lowest BCUT2D eigenvalue weighted by atomic mass is 9.96. The summed E-state index contributed by atoms with van der Waals surface area (Å²) in [5, 5.41) is 9.20. The van der Waals surface area contributed by atoms with E-state index in [1.54, 1.807) is 0 Å². The van der Waals surface area contributed by atoms with E-state index in [4.69, 9.17) is 21.6 Å². The molecule has 0 spiro atoms. The van der Waals surface area contributed by atoms with Crippen LogP contribution in [0.4, 0.5) is 4.39 Å². The van der Waals surface area contributed by atoms with Crippen molar-refractivity contribution in [1.82, 2.24) is 9.97 Å². The van der Waals surface area contributed by atoms with Crippen LogP contribution in [0.25, 0.3) is 0 Å². The molecule has 7 heteroatoms. The van der Waals surface area contributed by atoms with Gasteiger partial charge >= 0.3 is 0 Å². The van der Waals surface area contributed by atoms with Crippen molar-refractivity contribution in [2.45, 2.75) is 19.5 Å². The van der Waals surface area contributed by atoms with Gasteiger partial charge in [-0.2, -0.15) is 5.26 Å². The second-order valence-corrected chi connectivity index (χ2v) is 5.52. The number of ether oxygens (including phenoxy) is 1. The van der Waals surface area contributed by atoms with E-state index in [-0.39, 0.29) is 33.4 Å². The van der Waals surface area contributed by atoms with Crippen LogP contribution in [-0.4, -0.2) is 9.97 Å². The number of hydrogen-bond donors (Lipinski definition) is 1. The van der Waals surface area contributed by atoms with Crippen molar-refractivity contribution in [3.63, 3.8) is 0 Å². The number of allylic oxidation sites excluding steroid dienone is 1. The van der Waals surface area contributed by atoms with Crippen molar-refractivity contribution < 1.29 is 9.13 Å². The Balaban J connectivity index is 2.57. The van der Waals surface area contributed by atoms with Crippen LogP contribution >= 0.6 is 11.6 Å². The van der Waals surface area contributed by atoms with Gasteiger partial charge in [0.15, 0.2) is 5.67 Å². The fourth-order valence-corrected chi connectivity index (χ4v) is 2.05. The molecule has 1 aromatic carbocycles. The highest BCUT2D eigenvalue weighted by molar-refractivity contribution is 6.30. The Kier molecular flexibility index (Phi) is 4.52. The van der Waals surface area contributed by atoms with Crippen LogP contribution in [0.5, 0.6) is 11.5 Å². The molecule has 1 atom stereocenters. The molecule has 0 amide bonds. The topological polar surface area (TPSA) is 78.8 Å². The van der Waals surface area contributed by atoms with E-state index in [1.807, 2.05) is 6.07 Å². The number of aromatic nitrogens is 2. The van der Waals surface area contributed by atoms with Crippen LogP contribution in [0.3, 0.4) is 0 Å². The zero-order chi connectivity index (χ0) is 17.2. The maximum Gasteiger partial charge on any atom is 0.294 e. The number of benzene rings is 1. The van der Waals surface area contributed by atoms with E-state index < -0.39 is 11.2 Å². The highest BCUT2D eigenvalue weighted by Gasteiger charge is 2.34. The van der Waals surface area contributed by atoms with Gasteiger partial charge in [-0.15, -0.1) is 0 Å². The molecule has 1 N–H and O–H groups in total. The van der Waals surface area contributed by atoms with Crippen molar-refractivity contribution in [1.29, 1.82) is 5.26 Å². The Morgan fingerprint density at radius 3 is 2.83 bits per heavy atom. The summed E-state index contributed by atoms with van der Waals surface area (Å²) in [4.78, 5) is 18.2. The summed E-state index contributed by atoms with van der Waals surface area (Å²) in [6, 6.07) is 6.16. The third-order valence-electron chi connectivity index (χ3n) is 3.28. The number of nitrogens with zero attached hydrogens (tertiary/aromatic N) is 2. The molecule has 1 aromatic heterocycles. The molecule has 1 heterocycles. The zero-order valence-electron chi connectivity index (χ0n) is 12.5. The van der Waals surface area contributed by atoms with Crippen LogP contribution in [0.15, 0.2) is 41.5 Å². The molecular weight excluding hydrogens is 321 g/mol. The lowest BCUT2D eigenvalue weighted by Gasteiger charge is -2.21. The van der Waals surface area contributed by atoms with Crippen LogP contribution in [0.2, 0.25) is 5.02 Å². The lowest BCUT2D eigenvalue weighted by Crippen LogP contribution is -2.24. The Bertz CT molecular complexity index is 868. The molecule has 0 fully saturated rings. The van der Waals surface area contributed by atoms with Gasteiger partial charge in [0.25, 0.3) is 5.56 Å². The van der Waals surface area contributed by atoms with Crippen molar-refractivity contribution in [3.05, 3.63) is 63.3 Å². The number of rotatable bonds is 4. The van der Waals surface area contributed by atoms with E-state index in [2.05, 4.69) is 16.5 Å². The molecule has 2 aromatic rings. The van der Waals surface area contributed by atoms with E-state index in [1.165, 1.54) is 32.0 Å². The van der Waals surface area contributed by atoms with Gasteiger partial charge in [-0.3, -0.25) is 4.79 Å². The zero-order valence-corrected chi connectivity index (χ0v) is 13.2. The van der Waals surface area contributed by atoms with Gasteiger partial charge in [0.05, 0.1) is 18.0 Å². The molecular formula is C16H13ClFN3O2. The molecule has 0 saturated carbocycles. The largest absolute Gasteiger partial charge is 0.449 e. The van der Waals surface area contributed by atoms with Gasteiger partial charge in [-0.1, -0.05) is 18.2 Å². The number of halogens is 2. The molecule has 0 saturated heterocycles. The summed E-state index contributed by atoms with van der Waals surface area (Å²) in [7, 11) is 0. The number of nitrogens with one attached hydrogen (secondary N) is 1. The third kappa shape index (κ3) is 3.41. The molecule has 0 radical (unpaired) electrons. The van der Waals surface area contributed by atoms with Gasteiger partial charge < -0.3 is 9.72 Å². The maximum atomic E-state index is 14.8. The average molecular weight is 334 g/mol. The monoisotopic (exact) mass is 333 g/mol. The predicted molar refractivity (Wildman–Crippen MR) is 84.4 cm³/mol. The first-order chi connectivity index (χ1) is 10.8. The van der Waals surface area contributed by atoms with Crippen molar-refractivity contribution in [2.75, 3.05) is 0 Å². The minimum atomic E-state index is -2.06. The minimum absolute atomic E-state index is 0.131. The third-order valence-corrected chi connectivity index (χ3v) is 3.50. The highest BCUT2D eigenvalue weighted by atomic mass is 35.5. The fraction of sp³-hybridized carbons (Fsp3) is 0.188. The van der Waals surface area contributed by atoms with Crippen molar-refractivity contribution >= 4 is 11.6 Å². The average Bonchev–Trinajstić information content (AvgIpc) is 2.48. The summed E-state index contributed by atoms with van der Waals surface area (Å²) >= 11 is 5.89. The Hall–Kier alpha value is -2.65. The van der Waals surface area contributed by atoms with Gasteiger partial charge in [0, 0.05) is 5.02 Å². The summed E-state index contributed by atoms with van der Waals surface area (Å²) < 4.78 is 20.3. The lowest BCUT2D eigenvalue weighted by molar-refractivity contribution is 0.230. The second-order valence-electron chi connectivity index (χ2n) is 5.08. The van der Waals surface area contributed by atoms with Gasteiger partial charge in [-0.05, 0) is 37.6 Å². The summed E-state index contributed by atoms with van der Waals surface area (Å²) in [5.41, 5.74) is -2.49. The molecule has 0 aliphatic heterocycles. The van der Waals surface area contributed by atoms with Crippen molar-refractivity contribution in [2.24, 2.45) is 0 Å². The van der Waals surface area contributed by atoms with Crippen LogP contribution in [0.1, 0.15) is 25.1 Å². The van der Waals surface area contributed by atoms with Gasteiger partial charge in [-0.25, -0.2) is 9.37 Å². The smallest absolute Gasteiger partial charge is 0.294 e. The Labute approximate surface area is 137 Å². The summed E-state index contributed by atoms with van der Waals surface area (Å²) in [5.74, 6) is -0.182. The van der Waals surface area contributed by atoms with E-state index in [0.717, 1.165) is 6.33 Å².